The normalized spacial score (nSPS) is 14.6. The Morgan fingerprint density at radius 1 is 1.26 bits per heavy atom. The lowest BCUT2D eigenvalue weighted by molar-refractivity contribution is 1.00. The number of nitrogens with two attached hydrogens (primary N) is 2. The van der Waals surface area contributed by atoms with E-state index in [9.17, 15) is 0 Å². The molecule has 1 saturated carbocycles. The number of nitrogens with zero attached hydrogens (tertiary/aromatic N) is 3. The number of halogens is 1. The van der Waals surface area contributed by atoms with E-state index in [-0.39, 0.29) is 0 Å². The van der Waals surface area contributed by atoms with Crippen LogP contribution in [-0.4, -0.2) is 15.0 Å². The number of anilines is 2. The van der Waals surface area contributed by atoms with Gasteiger partial charge in [-0.1, -0.05) is 23.4 Å². The van der Waals surface area contributed by atoms with Crippen molar-refractivity contribution in [3.05, 3.63) is 29.2 Å². The Bertz CT molecular complexity index is 630. The monoisotopic (exact) mass is 293 g/mol. The van der Waals surface area contributed by atoms with E-state index in [2.05, 4.69) is 15.0 Å². The number of pyridine rings is 1. The van der Waals surface area contributed by atoms with Gasteiger partial charge in [0, 0.05) is 17.0 Å². The molecule has 1 aliphatic carbocycles. The van der Waals surface area contributed by atoms with Crippen molar-refractivity contribution in [3.63, 3.8) is 0 Å². The van der Waals surface area contributed by atoms with E-state index in [1.54, 1.807) is 6.20 Å². The maximum Gasteiger partial charge on any atom is 0.158 e. The average molecular weight is 294 g/mol. The van der Waals surface area contributed by atoms with Gasteiger partial charge in [-0.25, -0.2) is 9.97 Å². The van der Waals surface area contributed by atoms with Gasteiger partial charge >= 0.3 is 0 Å². The molecule has 19 heavy (non-hydrogen) atoms. The van der Waals surface area contributed by atoms with Crippen LogP contribution >= 0.6 is 23.4 Å². The molecule has 0 radical (unpaired) electrons. The van der Waals surface area contributed by atoms with Crippen LogP contribution in [0.15, 0.2) is 28.4 Å². The van der Waals surface area contributed by atoms with Gasteiger partial charge in [0.2, 0.25) is 0 Å². The van der Waals surface area contributed by atoms with E-state index in [1.807, 2.05) is 6.07 Å². The molecule has 1 fully saturated rings. The van der Waals surface area contributed by atoms with Crippen molar-refractivity contribution >= 4 is 35.0 Å². The lowest BCUT2D eigenvalue weighted by Gasteiger charge is -2.08. The molecule has 0 unspecified atom stereocenters. The van der Waals surface area contributed by atoms with Gasteiger partial charge in [-0.05, 0) is 18.9 Å². The van der Waals surface area contributed by atoms with Gasteiger partial charge in [0.05, 0.1) is 16.9 Å². The van der Waals surface area contributed by atoms with Crippen LogP contribution in [0.1, 0.15) is 24.5 Å². The van der Waals surface area contributed by atoms with Crippen molar-refractivity contribution in [2.45, 2.75) is 28.7 Å². The molecule has 0 aliphatic heterocycles. The van der Waals surface area contributed by atoms with E-state index < -0.39 is 0 Å². The third kappa shape index (κ3) is 2.59. The molecule has 0 amide bonds. The molecule has 2 aromatic heterocycles. The van der Waals surface area contributed by atoms with Crippen molar-refractivity contribution in [2.24, 2.45) is 0 Å². The van der Waals surface area contributed by atoms with Gasteiger partial charge in [-0.2, -0.15) is 0 Å². The van der Waals surface area contributed by atoms with E-state index >= 15 is 0 Å². The Labute approximate surface area is 119 Å². The maximum absolute atomic E-state index is 6.38. The van der Waals surface area contributed by atoms with Crippen LogP contribution in [0.4, 0.5) is 11.6 Å². The highest BCUT2D eigenvalue weighted by molar-refractivity contribution is 7.99. The van der Waals surface area contributed by atoms with Crippen molar-refractivity contribution in [1.82, 2.24) is 15.0 Å². The predicted octanol–water partition coefficient (Wildman–Crippen LogP) is 2.72. The predicted molar refractivity (Wildman–Crippen MR) is 76.2 cm³/mol. The van der Waals surface area contributed by atoms with Gasteiger partial charge in [0.15, 0.2) is 5.82 Å². The van der Waals surface area contributed by atoms with Crippen molar-refractivity contribution in [2.75, 3.05) is 11.5 Å². The standard InChI is InChI=1S/C12H12ClN5S/c13-9-7(3-4-16-10(9)6-1-2-6)19-12-11(15)18-8(14)5-17-12/h3-6H,1-2H2,(H4,14,15,18). The summed E-state index contributed by atoms with van der Waals surface area (Å²) in [4.78, 5) is 13.4. The summed E-state index contributed by atoms with van der Waals surface area (Å²) in [6.45, 7) is 0. The van der Waals surface area contributed by atoms with Crippen LogP contribution in [-0.2, 0) is 0 Å². The van der Waals surface area contributed by atoms with Crippen molar-refractivity contribution < 1.29 is 0 Å². The molecule has 0 saturated heterocycles. The van der Waals surface area contributed by atoms with E-state index in [1.165, 1.54) is 18.0 Å². The van der Waals surface area contributed by atoms with Crippen molar-refractivity contribution in [1.29, 1.82) is 0 Å². The topological polar surface area (TPSA) is 90.7 Å². The van der Waals surface area contributed by atoms with Crippen LogP contribution in [0.5, 0.6) is 0 Å². The van der Waals surface area contributed by atoms with Crippen LogP contribution in [0.25, 0.3) is 0 Å². The lowest BCUT2D eigenvalue weighted by Crippen LogP contribution is -2.00. The smallest absolute Gasteiger partial charge is 0.158 e. The first-order valence-corrected chi connectivity index (χ1v) is 7.05. The summed E-state index contributed by atoms with van der Waals surface area (Å²) in [6.07, 6.45) is 5.56. The molecule has 5 nitrogen and oxygen atoms in total. The number of nitrogen functional groups attached to an aromatic ring is 2. The molecule has 0 spiro atoms. The van der Waals surface area contributed by atoms with Gasteiger partial charge in [-0.15, -0.1) is 0 Å². The quantitative estimate of drug-likeness (QED) is 0.904. The number of aromatic nitrogens is 3. The molecule has 3 rings (SSSR count). The molecule has 0 bridgehead atoms. The Morgan fingerprint density at radius 2 is 2.05 bits per heavy atom. The number of rotatable bonds is 3. The first kappa shape index (κ1) is 12.5. The SMILES string of the molecule is Nc1cnc(Sc2ccnc(C3CC3)c2Cl)c(N)n1. The van der Waals surface area contributed by atoms with Gasteiger partial charge in [0.25, 0.3) is 0 Å². The first-order chi connectivity index (χ1) is 9.15. The first-order valence-electron chi connectivity index (χ1n) is 5.85. The number of hydrogen-bond donors (Lipinski definition) is 2. The fourth-order valence-corrected chi connectivity index (χ4v) is 2.92. The second-order valence-corrected chi connectivity index (χ2v) is 5.78. The zero-order chi connectivity index (χ0) is 13.4. The van der Waals surface area contributed by atoms with Gasteiger partial charge in [0.1, 0.15) is 10.8 Å². The molecule has 98 valence electrons. The van der Waals surface area contributed by atoms with E-state index in [0.717, 1.165) is 23.4 Å². The zero-order valence-corrected chi connectivity index (χ0v) is 11.6. The summed E-state index contributed by atoms with van der Waals surface area (Å²) in [5.74, 6) is 1.12. The molecule has 1 aliphatic rings. The molecule has 4 N–H and O–H groups in total. The Balaban J connectivity index is 1.92. The summed E-state index contributed by atoms with van der Waals surface area (Å²) in [6, 6.07) is 1.86. The van der Waals surface area contributed by atoms with Crippen LogP contribution in [0, 0.1) is 0 Å². The van der Waals surface area contributed by atoms with Gasteiger partial charge < -0.3 is 11.5 Å². The second-order valence-electron chi connectivity index (χ2n) is 4.37. The third-order valence-corrected chi connectivity index (χ3v) is 4.41. The lowest BCUT2D eigenvalue weighted by atomic mass is 10.2. The fourth-order valence-electron chi connectivity index (χ4n) is 1.75. The highest BCUT2D eigenvalue weighted by Crippen LogP contribution is 2.45. The summed E-state index contributed by atoms with van der Waals surface area (Å²) in [5, 5.41) is 1.29. The average Bonchev–Trinajstić information content (AvgIpc) is 3.19. The Kier molecular flexibility index (Phi) is 3.20. The third-order valence-electron chi connectivity index (χ3n) is 2.83. The zero-order valence-electron chi connectivity index (χ0n) is 10.0. The summed E-state index contributed by atoms with van der Waals surface area (Å²) >= 11 is 7.76. The molecular weight excluding hydrogens is 282 g/mol. The number of hydrogen-bond acceptors (Lipinski definition) is 6. The molecule has 2 aromatic rings. The summed E-state index contributed by atoms with van der Waals surface area (Å²) < 4.78 is 0. The van der Waals surface area contributed by atoms with Gasteiger partial charge in [-0.3, -0.25) is 4.98 Å². The van der Waals surface area contributed by atoms with E-state index in [4.69, 9.17) is 23.1 Å². The Morgan fingerprint density at radius 3 is 2.74 bits per heavy atom. The molecule has 2 heterocycles. The fraction of sp³-hybridized carbons (Fsp3) is 0.250. The molecule has 7 heteroatoms. The highest BCUT2D eigenvalue weighted by atomic mass is 35.5. The van der Waals surface area contributed by atoms with Crippen molar-refractivity contribution in [3.8, 4) is 0 Å². The summed E-state index contributed by atoms with van der Waals surface area (Å²) in [7, 11) is 0. The highest BCUT2D eigenvalue weighted by Gasteiger charge is 2.28. The molecular formula is C12H12ClN5S. The second kappa shape index (κ2) is 4.86. The van der Waals surface area contributed by atoms with Crippen LogP contribution in [0.2, 0.25) is 5.02 Å². The Hall–Kier alpha value is -1.53. The minimum atomic E-state index is 0.307. The van der Waals surface area contributed by atoms with Crippen LogP contribution in [0.3, 0.4) is 0 Å². The molecule has 0 aromatic carbocycles. The minimum Gasteiger partial charge on any atom is -0.382 e. The molecule has 0 atom stereocenters. The largest absolute Gasteiger partial charge is 0.382 e. The van der Waals surface area contributed by atoms with E-state index in [0.29, 0.717) is 27.6 Å². The minimum absolute atomic E-state index is 0.307. The van der Waals surface area contributed by atoms with Crippen LogP contribution < -0.4 is 11.5 Å². The maximum atomic E-state index is 6.38. The summed E-state index contributed by atoms with van der Waals surface area (Å²) in [5.41, 5.74) is 12.3.